The average Bonchev–Trinajstić information content (AvgIpc) is 2.97. The van der Waals surface area contributed by atoms with Crippen LogP contribution in [0.25, 0.3) is 0 Å². The Morgan fingerprint density at radius 3 is 2.61 bits per heavy atom. The summed E-state index contributed by atoms with van der Waals surface area (Å²) in [7, 11) is -3.13. The van der Waals surface area contributed by atoms with Crippen molar-refractivity contribution in [3.05, 3.63) is 0 Å². The summed E-state index contributed by atoms with van der Waals surface area (Å²) in [4.78, 5) is 0. The van der Waals surface area contributed by atoms with E-state index in [1.165, 1.54) is 17.1 Å². The van der Waals surface area contributed by atoms with Crippen LogP contribution in [-0.2, 0) is 14.8 Å². The van der Waals surface area contributed by atoms with Gasteiger partial charge >= 0.3 is 0 Å². The molecule has 1 heterocycles. The summed E-state index contributed by atoms with van der Waals surface area (Å²) in [5.74, 6) is 0.739. The Kier molecular flexibility index (Phi) is 9.33. The summed E-state index contributed by atoms with van der Waals surface area (Å²) in [6, 6.07) is 0.819. The van der Waals surface area contributed by atoms with E-state index in [-0.39, 0.29) is 18.2 Å². The first kappa shape index (κ1) is 21.1. The van der Waals surface area contributed by atoms with Gasteiger partial charge in [-0.05, 0) is 18.8 Å². The lowest BCUT2D eigenvalue weighted by atomic mass is 9.94. The lowest BCUT2D eigenvalue weighted by molar-refractivity contribution is 0.0527. The van der Waals surface area contributed by atoms with Crippen molar-refractivity contribution in [3.63, 3.8) is 0 Å². The second kappa shape index (κ2) is 10.2. The van der Waals surface area contributed by atoms with Gasteiger partial charge in [0.05, 0.1) is 19.0 Å². The highest BCUT2D eigenvalue weighted by Crippen LogP contribution is 2.29. The van der Waals surface area contributed by atoms with Gasteiger partial charge in [0, 0.05) is 38.3 Å². The zero-order valence-corrected chi connectivity index (χ0v) is 15.9. The Labute approximate surface area is 147 Å². The summed E-state index contributed by atoms with van der Waals surface area (Å²) in [5.41, 5.74) is 0. The summed E-state index contributed by atoms with van der Waals surface area (Å²) in [5, 5.41) is 7.03. The van der Waals surface area contributed by atoms with Crippen LogP contribution in [0.2, 0.25) is 0 Å². The zero-order valence-electron chi connectivity index (χ0n) is 14.3. The van der Waals surface area contributed by atoms with Gasteiger partial charge in [0.1, 0.15) is 0 Å². The Morgan fingerprint density at radius 1 is 1.26 bits per heavy atom. The van der Waals surface area contributed by atoms with Gasteiger partial charge in [-0.15, -0.1) is 12.4 Å². The lowest BCUT2D eigenvalue weighted by Gasteiger charge is -2.33. The number of sulfonamides is 1. The summed E-state index contributed by atoms with van der Waals surface area (Å²) in [6.07, 6.45) is 3.54. The highest BCUT2D eigenvalue weighted by Gasteiger charge is 2.34. The van der Waals surface area contributed by atoms with Crippen LogP contribution in [0.1, 0.15) is 33.1 Å². The maximum Gasteiger partial charge on any atom is 0.215 e. The predicted octanol–water partition coefficient (Wildman–Crippen LogP) is 0.827. The van der Waals surface area contributed by atoms with Crippen molar-refractivity contribution in [2.45, 2.75) is 45.2 Å². The molecule has 0 spiro atoms. The molecule has 23 heavy (non-hydrogen) atoms. The molecule has 2 N–H and O–H groups in total. The van der Waals surface area contributed by atoms with Gasteiger partial charge in [0.2, 0.25) is 10.0 Å². The van der Waals surface area contributed by atoms with E-state index in [1.54, 1.807) is 0 Å². The van der Waals surface area contributed by atoms with Gasteiger partial charge in [0.25, 0.3) is 0 Å². The van der Waals surface area contributed by atoms with Crippen molar-refractivity contribution in [3.8, 4) is 0 Å². The fraction of sp³-hybridized carbons (Fsp3) is 1.00. The summed E-state index contributed by atoms with van der Waals surface area (Å²) >= 11 is 0. The highest BCUT2D eigenvalue weighted by atomic mass is 35.5. The molecule has 0 amide bonds. The van der Waals surface area contributed by atoms with E-state index in [0.29, 0.717) is 37.6 Å². The Balaban J connectivity index is 0.00000264. The maximum atomic E-state index is 12.2. The third-order valence-corrected chi connectivity index (χ3v) is 6.93. The first-order valence-corrected chi connectivity index (χ1v) is 10.2. The van der Waals surface area contributed by atoms with Crippen molar-refractivity contribution >= 4 is 22.4 Å². The molecule has 8 heteroatoms. The van der Waals surface area contributed by atoms with Crippen molar-refractivity contribution in [2.24, 2.45) is 5.92 Å². The van der Waals surface area contributed by atoms with Crippen molar-refractivity contribution < 1.29 is 13.2 Å². The molecule has 6 nitrogen and oxygen atoms in total. The monoisotopic (exact) mass is 369 g/mol. The second-order valence-corrected chi connectivity index (χ2v) is 8.28. The molecule has 0 bridgehead atoms. The normalized spacial score (nSPS) is 28.7. The topological polar surface area (TPSA) is 70.7 Å². The molecule has 1 aliphatic heterocycles. The molecule has 1 saturated carbocycles. The van der Waals surface area contributed by atoms with Crippen LogP contribution < -0.4 is 10.6 Å². The van der Waals surface area contributed by atoms with Crippen molar-refractivity contribution in [2.75, 3.05) is 45.1 Å². The number of nitrogens with zero attached hydrogens (tertiary/aromatic N) is 1. The van der Waals surface area contributed by atoms with Crippen LogP contribution in [0.4, 0.5) is 0 Å². The molecule has 2 rings (SSSR count). The molecule has 2 fully saturated rings. The number of halogens is 1. The van der Waals surface area contributed by atoms with E-state index in [2.05, 4.69) is 10.6 Å². The van der Waals surface area contributed by atoms with Crippen LogP contribution in [0.5, 0.6) is 0 Å². The second-order valence-electron chi connectivity index (χ2n) is 6.19. The molecule has 0 aromatic carbocycles. The van der Waals surface area contributed by atoms with Gasteiger partial charge in [-0.1, -0.05) is 20.3 Å². The maximum absolute atomic E-state index is 12.2. The van der Waals surface area contributed by atoms with Gasteiger partial charge in [-0.3, -0.25) is 0 Å². The molecule has 2 aliphatic rings. The standard InChI is InChI=1S/C15H31N3O3S.ClH/c1-3-18(4-2)22(19,20)11-9-17-14-7-5-6-13(14)15-12-21-10-8-16-15;/h13-17H,3-12H2,1-2H3;1H. The smallest absolute Gasteiger partial charge is 0.215 e. The molecule has 1 saturated heterocycles. The van der Waals surface area contributed by atoms with E-state index in [9.17, 15) is 8.42 Å². The molecule has 0 aromatic rings. The molecular formula is C15H32ClN3O3S. The number of ether oxygens (including phenoxy) is 1. The highest BCUT2D eigenvalue weighted by molar-refractivity contribution is 7.89. The first-order valence-electron chi connectivity index (χ1n) is 8.60. The van der Waals surface area contributed by atoms with Crippen molar-refractivity contribution in [1.82, 2.24) is 14.9 Å². The number of rotatable bonds is 8. The molecule has 3 atom stereocenters. The SMILES string of the molecule is CCN(CC)S(=O)(=O)CCNC1CCCC1C1COCCN1.Cl. The average molecular weight is 370 g/mol. The lowest BCUT2D eigenvalue weighted by Crippen LogP contribution is -2.51. The molecule has 0 aromatic heterocycles. The van der Waals surface area contributed by atoms with E-state index < -0.39 is 10.0 Å². The van der Waals surface area contributed by atoms with E-state index in [4.69, 9.17) is 4.74 Å². The van der Waals surface area contributed by atoms with Gasteiger partial charge in [0.15, 0.2) is 0 Å². The Bertz CT molecular complexity index is 426. The molecule has 1 aliphatic carbocycles. The number of morpholine rings is 1. The minimum Gasteiger partial charge on any atom is -0.379 e. The van der Waals surface area contributed by atoms with Crippen molar-refractivity contribution in [1.29, 1.82) is 0 Å². The molecule has 3 unspecified atom stereocenters. The minimum atomic E-state index is -3.13. The summed E-state index contributed by atoms with van der Waals surface area (Å²) in [6.45, 7) is 7.90. The van der Waals surface area contributed by atoms with Crippen LogP contribution in [0.3, 0.4) is 0 Å². The Morgan fingerprint density at radius 2 is 2.00 bits per heavy atom. The minimum absolute atomic E-state index is 0. The summed E-state index contributed by atoms with van der Waals surface area (Å²) < 4.78 is 31.5. The van der Waals surface area contributed by atoms with Crippen LogP contribution in [0, 0.1) is 5.92 Å². The number of nitrogens with one attached hydrogen (secondary N) is 2. The fourth-order valence-corrected chi connectivity index (χ4v) is 5.12. The van der Waals surface area contributed by atoms with Crippen LogP contribution in [-0.4, -0.2) is 70.0 Å². The Hall–Kier alpha value is 0.0800. The van der Waals surface area contributed by atoms with E-state index >= 15 is 0 Å². The number of hydrogen-bond acceptors (Lipinski definition) is 5. The fourth-order valence-electron chi connectivity index (χ4n) is 3.70. The quantitative estimate of drug-likeness (QED) is 0.663. The van der Waals surface area contributed by atoms with Gasteiger partial charge in [-0.25, -0.2) is 12.7 Å². The van der Waals surface area contributed by atoms with Crippen LogP contribution in [0.15, 0.2) is 0 Å². The van der Waals surface area contributed by atoms with Gasteiger partial charge in [-0.2, -0.15) is 0 Å². The largest absolute Gasteiger partial charge is 0.379 e. The predicted molar refractivity (Wildman–Crippen MR) is 95.7 cm³/mol. The molecular weight excluding hydrogens is 338 g/mol. The van der Waals surface area contributed by atoms with Crippen LogP contribution >= 0.6 is 12.4 Å². The zero-order chi connectivity index (χ0) is 16.0. The van der Waals surface area contributed by atoms with E-state index in [0.717, 1.165) is 26.2 Å². The number of hydrogen-bond donors (Lipinski definition) is 2. The third-order valence-electron chi connectivity index (χ3n) is 4.90. The molecule has 138 valence electrons. The first-order chi connectivity index (χ1) is 10.6. The van der Waals surface area contributed by atoms with Gasteiger partial charge < -0.3 is 15.4 Å². The third kappa shape index (κ3) is 5.83. The molecule has 0 radical (unpaired) electrons. The van der Waals surface area contributed by atoms with E-state index in [1.807, 2.05) is 13.8 Å².